The van der Waals surface area contributed by atoms with E-state index >= 15 is 0 Å². The average Bonchev–Trinajstić information content (AvgIpc) is 3.14. The van der Waals surface area contributed by atoms with Crippen molar-refractivity contribution in [2.45, 2.75) is 39.7 Å². The fraction of sp³-hybridized carbons (Fsp3) is 0.500. The summed E-state index contributed by atoms with van der Waals surface area (Å²) in [5, 5.41) is 14.9. The molecular weight excluding hydrogens is 352 g/mol. The molecule has 1 aromatic carbocycles. The largest absolute Gasteiger partial charge is 0.452 e. The molecule has 0 unspecified atom stereocenters. The molecule has 2 aromatic rings. The Kier molecular flexibility index (Phi) is 5.68. The SMILES string of the molecule is CCc1noc(COC(=O)c2cc([N+](=O)[O-])ccc2N2CCC(C)CC2)n1. The van der Waals surface area contributed by atoms with Gasteiger partial charge in [-0.1, -0.05) is 19.0 Å². The second kappa shape index (κ2) is 8.15. The molecule has 0 amide bonds. The zero-order valence-electron chi connectivity index (χ0n) is 15.4. The first-order valence-electron chi connectivity index (χ1n) is 9.00. The zero-order chi connectivity index (χ0) is 19.4. The zero-order valence-corrected chi connectivity index (χ0v) is 15.4. The maximum atomic E-state index is 12.6. The maximum absolute atomic E-state index is 12.6. The summed E-state index contributed by atoms with van der Waals surface area (Å²) in [6, 6.07) is 4.29. The van der Waals surface area contributed by atoms with E-state index in [0.29, 0.717) is 23.9 Å². The number of piperidine rings is 1. The van der Waals surface area contributed by atoms with Gasteiger partial charge in [-0.05, 0) is 24.8 Å². The predicted octanol–water partition coefficient (Wildman–Crippen LogP) is 3.13. The molecule has 0 atom stereocenters. The Labute approximate surface area is 156 Å². The molecule has 9 nitrogen and oxygen atoms in total. The van der Waals surface area contributed by atoms with E-state index in [1.165, 1.54) is 12.1 Å². The molecule has 1 saturated heterocycles. The number of carbonyl (C=O) groups is 1. The highest BCUT2D eigenvalue weighted by Crippen LogP contribution is 2.30. The van der Waals surface area contributed by atoms with Gasteiger partial charge in [0, 0.05) is 31.6 Å². The van der Waals surface area contributed by atoms with Gasteiger partial charge in [-0.15, -0.1) is 0 Å². The second-order valence-corrected chi connectivity index (χ2v) is 6.66. The van der Waals surface area contributed by atoms with Gasteiger partial charge in [-0.25, -0.2) is 4.79 Å². The smallest absolute Gasteiger partial charge is 0.341 e. The molecule has 3 rings (SSSR count). The summed E-state index contributed by atoms with van der Waals surface area (Å²) in [5.41, 5.74) is 0.674. The first-order chi connectivity index (χ1) is 13.0. The molecule has 1 fully saturated rings. The number of anilines is 1. The number of nitro groups is 1. The van der Waals surface area contributed by atoms with Crippen LogP contribution < -0.4 is 4.90 Å². The molecule has 1 aliphatic heterocycles. The Morgan fingerprint density at radius 1 is 1.41 bits per heavy atom. The molecule has 9 heteroatoms. The maximum Gasteiger partial charge on any atom is 0.341 e. The lowest BCUT2D eigenvalue weighted by Crippen LogP contribution is -2.34. The van der Waals surface area contributed by atoms with E-state index in [4.69, 9.17) is 9.26 Å². The van der Waals surface area contributed by atoms with Crippen LogP contribution in [0.5, 0.6) is 0 Å². The molecule has 0 aliphatic carbocycles. The van der Waals surface area contributed by atoms with Crippen molar-refractivity contribution in [3.05, 3.63) is 45.6 Å². The van der Waals surface area contributed by atoms with Crippen LogP contribution in [-0.2, 0) is 17.8 Å². The molecule has 0 saturated carbocycles. The number of esters is 1. The van der Waals surface area contributed by atoms with E-state index in [0.717, 1.165) is 25.9 Å². The van der Waals surface area contributed by atoms with Crippen LogP contribution >= 0.6 is 0 Å². The number of hydrogen-bond acceptors (Lipinski definition) is 8. The topological polar surface area (TPSA) is 112 Å². The van der Waals surface area contributed by atoms with E-state index in [2.05, 4.69) is 22.0 Å². The fourth-order valence-corrected chi connectivity index (χ4v) is 3.02. The number of ether oxygens (including phenoxy) is 1. The third-order valence-electron chi connectivity index (χ3n) is 4.69. The number of nitrogens with zero attached hydrogens (tertiary/aromatic N) is 4. The van der Waals surface area contributed by atoms with Gasteiger partial charge in [0.2, 0.25) is 0 Å². The van der Waals surface area contributed by atoms with Crippen LogP contribution in [0, 0.1) is 16.0 Å². The van der Waals surface area contributed by atoms with Crippen molar-refractivity contribution in [1.29, 1.82) is 0 Å². The third kappa shape index (κ3) is 4.42. The van der Waals surface area contributed by atoms with Crippen molar-refractivity contribution >= 4 is 17.3 Å². The highest BCUT2D eigenvalue weighted by molar-refractivity contribution is 5.96. The fourth-order valence-electron chi connectivity index (χ4n) is 3.02. The van der Waals surface area contributed by atoms with Crippen molar-refractivity contribution in [1.82, 2.24) is 10.1 Å². The van der Waals surface area contributed by atoms with E-state index in [-0.39, 0.29) is 23.7 Å². The minimum absolute atomic E-state index is 0.151. The average molecular weight is 374 g/mol. The van der Waals surface area contributed by atoms with Gasteiger partial charge in [-0.2, -0.15) is 4.98 Å². The Bertz CT molecular complexity index is 827. The van der Waals surface area contributed by atoms with Crippen LogP contribution in [-0.4, -0.2) is 34.1 Å². The van der Waals surface area contributed by atoms with Gasteiger partial charge in [0.25, 0.3) is 11.6 Å². The Balaban J connectivity index is 1.80. The van der Waals surface area contributed by atoms with Gasteiger partial charge < -0.3 is 14.2 Å². The second-order valence-electron chi connectivity index (χ2n) is 6.66. The molecule has 144 valence electrons. The number of non-ortho nitro benzene ring substituents is 1. The minimum Gasteiger partial charge on any atom is -0.452 e. The highest BCUT2D eigenvalue weighted by atomic mass is 16.6. The minimum atomic E-state index is -0.649. The first kappa shape index (κ1) is 18.8. The van der Waals surface area contributed by atoms with Crippen LogP contribution in [0.4, 0.5) is 11.4 Å². The molecule has 0 radical (unpaired) electrons. The Morgan fingerprint density at radius 3 is 2.78 bits per heavy atom. The van der Waals surface area contributed by atoms with E-state index in [9.17, 15) is 14.9 Å². The van der Waals surface area contributed by atoms with Crippen LogP contribution in [0.15, 0.2) is 22.7 Å². The number of benzene rings is 1. The van der Waals surface area contributed by atoms with Crippen molar-refractivity contribution in [2.24, 2.45) is 5.92 Å². The summed E-state index contributed by atoms with van der Waals surface area (Å²) in [4.78, 5) is 29.4. The number of carbonyl (C=O) groups excluding carboxylic acids is 1. The number of rotatable bonds is 6. The van der Waals surface area contributed by atoms with Crippen molar-refractivity contribution < 1.29 is 19.0 Å². The van der Waals surface area contributed by atoms with E-state index in [1.807, 2.05) is 6.92 Å². The van der Waals surface area contributed by atoms with Crippen molar-refractivity contribution in [3.63, 3.8) is 0 Å². The summed E-state index contributed by atoms with van der Waals surface area (Å²) in [6.07, 6.45) is 2.63. The lowest BCUT2D eigenvalue weighted by atomic mass is 9.98. The summed E-state index contributed by atoms with van der Waals surface area (Å²) in [7, 11) is 0. The standard InChI is InChI=1S/C18H22N4O5/c1-3-16-19-17(27-20-16)11-26-18(23)14-10-13(22(24)25)4-5-15(14)21-8-6-12(2)7-9-21/h4-5,10,12H,3,6-9,11H2,1-2H3. The number of aryl methyl sites for hydroxylation is 1. The van der Waals surface area contributed by atoms with Crippen LogP contribution in [0.3, 0.4) is 0 Å². The first-order valence-corrected chi connectivity index (χ1v) is 9.00. The lowest BCUT2D eigenvalue weighted by Gasteiger charge is -2.33. The highest BCUT2D eigenvalue weighted by Gasteiger charge is 2.24. The summed E-state index contributed by atoms with van der Waals surface area (Å²) >= 11 is 0. The van der Waals surface area contributed by atoms with E-state index in [1.54, 1.807) is 6.07 Å². The van der Waals surface area contributed by atoms with Gasteiger partial charge >= 0.3 is 5.97 Å². The number of nitro benzene ring substituents is 1. The molecule has 0 spiro atoms. The molecule has 0 N–H and O–H groups in total. The molecule has 2 heterocycles. The van der Waals surface area contributed by atoms with Gasteiger partial charge in [0.1, 0.15) is 0 Å². The molecule has 0 bridgehead atoms. The van der Waals surface area contributed by atoms with Gasteiger partial charge in [-0.3, -0.25) is 10.1 Å². The van der Waals surface area contributed by atoms with Crippen LogP contribution in [0.1, 0.15) is 48.8 Å². The number of aromatic nitrogens is 2. The summed E-state index contributed by atoms with van der Waals surface area (Å²) < 4.78 is 10.3. The Morgan fingerprint density at radius 2 is 2.15 bits per heavy atom. The number of hydrogen-bond donors (Lipinski definition) is 0. The monoisotopic (exact) mass is 374 g/mol. The summed E-state index contributed by atoms with van der Waals surface area (Å²) in [5.74, 6) is 0.696. The molecule has 1 aliphatic rings. The lowest BCUT2D eigenvalue weighted by molar-refractivity contribution is -0.384. The van der Waals surface area contributed by atoms with Crippen LogP contribution in [0.25, 0.3) is 0 Å². The quantitative estimate of drug-likeness (QED) is 0.431. The normalized spacial score (nSPS) is 15.0. The van der Waals surface area contributed by atoms with E-state index < -0.39 is 10.9 Å². The summed E-state index contributed by atoms with van der Waals surface area (Å²) in [6.45, 7) is 5.49. The van der Waals surface area contributed by atoms with Gasteiger partial charge in [0.15, 0.2) is 12.4 Å². The van der Waals surface area contributed by atoms with Crippen LogP contribution in [0.2, 0.25) is 0 Å². The third-order valence-corrected chi connectivity index (χ3v) is 4.69. The molecular formula is C18H22N4O5. The molecule has 1 aromatic heterocycles. The predicted molar refractivity (Wildman–Crippen MR) is 96.5 cm³/mol. The molecule has 27 heavy (non-hydrogen) atoms. The Hall–Kier alpha value is -2.97. The van der Waals surface area contributed by atoms with Crippen molar-refractivity contribution in [2.75, 3.05) is 18.0 Å². The van der Waals surface area contributed by atoms with Crippen molar-refractivity contribution in [3.8, 4) is 0 Å². The van der Waals surface area contributed by atoms with Gasteiger partial charge in [0.05, 0.1) is 16.2 Å².